The van der Waals surface area contributed by atoms with Gasteiger partial charge in [0.05, 0.1) is 14.2 Å². The minimum absolute atomic E-state index is 0.0501. The molecule has 0 aliphatic heterocycles. The lowest BCUT2D eigenvalue weighted by atomic mass is 9.92. The molecule has 7 nitrogen and oxygen atoms in total. The zero-order chi connectivity index (χ0) is 18.6. The molecule has 1 aromatic carbocycles. The van der Waals surface area contributed by atoms with Crippen LogP contribution >= 0.6 is 0 Å². The number of hydrogen-bond donors (Lipinski definition) is 1. The summed E-state index contributed by atoms with van der Waals surface area (Å²) in [6, 6.07) is 5.00. The number of methoxy groups -OCH3 is 2. The minimum Gasteiger partial charge on any atom is -0.493 e. The third-order valence-corrected chi connectivity index (χ3v) is 3.52. The first-order chi connectivity index (χ1) is 11.7. The van der Waals surface area contributed by atoms with Crippen molar-refractivity contribution in [2.75, 3.05) is 14.2 Å². The van der Waals surface area contributed by atoms with Crippen molar-refractivity contribution in [3.05, 3.63) is 24.1 Å². The van der Waals surface area contributed by atoms with E-state index in [0.717, 1.165) is 5.56 Å². The van der Waals surface area contributed by atoms with Crippen molar-refractivity contribution < 1.29 is 18.8 Å². The third-order valence-electron chi connectivity index (χ3n) is 3.52. The van der Waals surface area contributed by atoms with Crippen molar-refractivity contribution in [1.29, 1.82) is 0 Å². The average Bonchev–Trinajstić information content (AvgIpc) is 3.02. The van der Waals surface area contributed by atoms with Gasteiger partial charge < -0.3 is 19.3 Å². The molecule has 1 amide bonds. The molecule has 2 aromatic rings. The molecule has 0 spiro atoms. The number of benzene rings is 1. The van der Waals surface area contributed by atoms with Gasteiger partial charge in [0, 0.05) is 12.0 Å². The van der Waals surface area contributed by atoms with Gasteiger partial charge in [-0.25, -0.2) is 0 Å². The van der Waals surface area contributed by atoms with Crippen molar-refractivity contribution in [1.82, 2.24) is 15.5 Å². The van der Waals surface area contributed by atoms with E-state index in [-0.39, 0.29) is 17.4 Å². The number of ether oxygens (including phenoxy) is 2. The summed E-state index contributed by atoms with van der Waals surface area (Å²) in [6.45, 7) is 7.85. The number of nitrogens with one attached hydrogen (secondary N) is 1. The van der Waals surface area contributed by atoms with Gasteiger partial charge in [0.1, 0.15) is 6.04 Å². The van der Waals surface area contributed by atoms with E-state index in [9.17, 15) is 4.79 Å². The van der Waals surface area contributed by atoms with E-state index in [0.29, 0.717) is 29.6 Å². The first kappa shape index (κ1) is 18.8. The molecule has 0 bridgehead atoms. The zero-order valence-corrected chi connectivity index (χ0v) is 15.5. The first-order valence-corrected chi connectivity index (χ1v) is 8.09. The summed E-state index contributed by atoms with van der Waals surface area (Å²) < 4.78 is 15.8. The largest absolute Gasteiger partial charge is 0.493 e. The van der Waals surface area contributed by atoms with E-state index >= 15 is 0 Å². The number of rotatable bonds is 6. The Morgan fingerprint density at radius 3 is 2.52 bits per heavy atom. The van der Waals surface area contributed by atoms with Crippen LogP contribution in [0.5, 0.6) is 11.5 Å². The van der Waals surface area contributed by atoms with Gasteiger partial charge in [0.15, 0.2) is 11.5 Å². The molecule has 0 fully saturated rings. The SMILES string of the molecule is COc1ccc(-c2noc([C@H](C)NC(=O)CC(C)(C)C)n2)cc1OC. The van der Waals surface area contributed by atoms with Crippen molar-refractivity contribution in [3.8, 4) is 22.9 Å². The summed E-state index contributed by atoms with van der Waals surface area (Å²) in [5.41, 5.74) is 0.657. The highest BCUT2D eigenvalue weighted by Crippen LogP contribution is 2.31. The van der Waals surface area contributed by atoms with E-state index in [1.165, 1.54) is 0 Å². The maximum absolute atomic E-state index is 12.0. The van der Waals surface area contributed by atoms with Gasteiger partial charge in [-0.15, -0.1) is 0 Å². The Kier molecular flexibility index (Phi) is 5.66. The van der Waals surface area contributed by atoms with Gasteiger partial charge in [-0.2, -0.15) is 4.98 Å². The lowest BCUT2D eigenvalue weighted by molar-refractivity contribution is -0.123. The second-order valence-electron chi connectivity index (χ2n) is 7.05. The van der Waals surface area contributed by atoms with E-state index in [1.807, 2.05) is 33.8 Å². The molecule has 25 heavy (non-hydrogen) atoms. The summed E-state index contributed by atoms with van der Waals surface area (Å²) in [7, 11) is 3.14. The number of carbonyl (C=O) groups is 1. The molecule has 1 atom stereocenters. The molecule has 0 aliphatic rings. The molecule has 1 aromatic heterocycles. The van der Waals surface area contributed by atoms with Crippen LogP contribution in [0.4, 0.5) is 0 Å². The first-order valence-electron chi connectivity index (χ1n) is 8.09. The fourth-order valence-electron chi connectivity index (χ4n) is 2.34. The lowest BCUT2D eigenvalue weighted by Crippen LogP contribution is -2.30. The van der Waals surface area contributed by atoms with Gasteiger partial charge in [-0.1, -0.05) is 25.9 Å². The molecule has 7 heteroatoms. The summed E-state index contributed by atoms with van der Waals surface area (Å²) in [4.78, 5) is 16.4. The summed E-state index contributed by atoms with van der Waals surface area (Å²) in [5.74, 6) is 1.93. The normalized spacial score (nSPS) is 12.6. The van der Waals surface area contributed by atoms with Crippen molar-refractivity contribution in [2.45, 2.75) is 40.2 Å². The molecule has 0 aliphatic carbocycles. The molecule has 1 heterocycles. The highest BCUT2D eigenvalue weighted by atomic mass is 16.5. The molecule has 0 unspecified atom stereocenters. The fourth-order valence-corrected chi connectivity index (χ4v) is 2.34. The minimum atomic E-state index is -0.365. The van der Waals surface area contributed by atoms with E-state index in [1.54, 1.807) is 26.4 Å². The topological polar surface area (TPSA) is 86.5 Å². The van der Waals surface area contributed by atoms with Gasteiger partial charge in [-0.3, -0.25) is 4.79 Å². The van der Waals surface area contributed by atoms with E-state index < -0.39 is 0 Å². The monoisotopic (exact) mass is 347 g/mol. The Morgan fingerprint density at radius 2 is 1.92 bits per heavy atom. The lowest BCUT2D eigenvalue weighted by Gasteiger charge is -2.18. The molecule has 0 radical (unpaired) electrons. The quantitative estimate of drug-likeness (QED) is 0.862. The highest BCUT2D eigenvalue weighted by molar-refractivity contribution is 5.76. The fraction of sp³-hybridized carbons (Fsp3) is 0.500. The smallest absolute Gasteiger partial charge is 0.249 e. The van der Waals surface area contributed by atoms with Crippen LogP contribution < -0.4 is 14.8 Å². The second-order valence-corrected chi connectivity index (χ2v) is 7.05. The molecule has 2 rings (SSSR count). The maximum Gasteiger partial charge on any atom is 0.249 e. The van der Waals surface area contributed by atoms with Crippen LogP contribution in [0.1, 0.15) is 46.0 Å². The Morgan fingerprint density at radius 1 is 1.24 bits per heavy atom. The van der Waals surface area contributed by atoms with Gasteiger partial charge in [-0.05, 0) is 30.5 Å². The van der Waals surface area contributed by atoms with Crippen LogP contribution in [0.25, 0.3) is 11.4 Å². The molecule has 1 N–H and O–H groups in total. The zero-order valence-electron chi connectivity index (χ0n) is 15.5. The van der Waals surface area contributed by atoms with Crippen LogP contribution in [0.2, 0.25) is 0 Å². The van der Waals surface area contributed by atoms with Gasteiger partial charge >= 0.3 is 0 Å². The van der Waals surface area contributed by atoms with E-state index in [4.69, 9.17) is 14.0 Å². The van der Waals surface area contributed by atoms with Crippen LogP contribution in [-0.4, -0.2) is 30.3 Å². The third kappa shape index (κ3) is 4.95. The standard InChI is InChI=1S/C18H25N3O4/c1-11(19-15(22)10-18(2,3)4)17-20-16(21-25-17)12-7-8-13(23-5)14(9-12)24-6/h7-9,11H,10H2,1-6H3,(H,19,22)/t11-/m0/s1. The highest BCUT2D eigenvalue weighted by Gasteiger charge is 2.21. The Bertz CT molecular complexity index is 734. The second kappa shape index (κ2) is 7.55. The molecule has 0 saturated heterocycles. The molecule has 0 saturated carbocycles. The number of hydrogen-bond acceptors (Lipinski definition) is 6. The number of aromatic nitrogens is 2. The number of nitrogens with zero attached hydrogens (tertiary/aromatic N) is 2. The Balaban J connectivity index is 2.13. The Labute approximate surface area is 147 Å². The van der Waals surface area contributed by atoms with Crippen LogP contribution in [0.15, 0.2) is 22.7 Å². The summed E-state index contributed by atoms with van der Waals surface area (Å²) in [5, 5.41) is 6.86. The average molecular weight is 347 g/mol. The summed E-state index contributed by atoms with van der Waals surface area (Å²) >= 11 is 0. The van der Waals surface area contributed by atoms with Crippen LogP contribution in [0.3, 0.4) is 0 Å². The maximum atomic E-state index is 12.0. The van der Waals surface area contributed by atoms with Crippen molar-refractivity contribution >= 4 is 5.91 Å². The van der Waals surface area contributed by atoms with E-state index in [2.05, 4.69) is 15.5 Å². The van der Waals surface area contributed by atoms with Gasteiger partial charge in [0.2, 0.25) is 17.6 Å². The molecular formula is C18H25N3O4. The predicted molar refractivity (Wildman–Crippen MR) is 93.5 cm³/mol. The Hall–Kier alpha value is -2.57. The van der Waals surface area contributed by atoms with Crippen molar-refractivity contribution in [3.63, 3.8) is 0 Å². The summed E-state index contributed by atoms with van der Waals surface area (Å²) in [6.07, 6.45) is 0.425. The number of carbonyl (C=O) groups excluding carboxylic acids is 1. The van der Waals surface area contributed by atoms with Crippen LogP contribution in [0, 0.1) is 5.41 Å². The molecule has 136 valence electrons. The van der Waals surface area contributed by atoms with Crippen molar-refractivity contribution in [2.24, 2.45) is 5.41 Å². The molecular weight excluding hydrogens is 322 g/mol. The van der Waals surface area contributed by atoms with Gasteiger partial charge in [0.25, 0.3) is 0 Å². The number of amides is 1. The predicted octanol–water partition coefficient (Wildman–Crippen LogP) is 3.37. The van der Waals surface area contributed by atoms with Crippen LogP contribution in [-0.2, 0) is 4.79 Å².